The monoisotopic (exact) mass is 292 g/mol. The standard InChI is InChI=1S/C14H17BrN2/c1-3-7-16-13-6-5-11-9-12(15)8-10(4-2)14(11)17-13/h5-6,8-9H,3-4,7H2,1-2H3,(H,16,17). The molecule has 0 aliphatic heterocycles. The summed E-state index contributed by atoms with van der Waals surface area (Å²) < 4.78 is 1.12. The zero-order valence-electron chi connectivity index (χ0n) is 10.3. The molecule has 0 atom stereocenters. The van der Waals surface area contributed by atoms with Crippen LogP contribution >= 0.6 is 15.9 Å². The molecule has 0 saturated heterocycles. The van der Waals surface area contributed by atoms with Gasteiger partial charge in [0.2, 0.25) is 0 Å². The minimum absolute atomic E-state index is 0.969. The minimum Gasteiger partial charge on any atom is -0.370 e. The lowest BCUT2D eigenvalue weighted by Gasteiger charge is -2.08. The summed E-state index contributed by atoms with van der Waals surface area (Å²) in [7, 11) is 0. The lowest BCUT2D eigenvalue weighted by molar-refractivity contribution is 0.971. The van der Waals surface area contributed by atoms with Crippen LogP contribution in [-0.4, -0.2) is 11.5 Å². The van der Waals surface area contributed by atoms with Gasteiger partial charge in [0, 0.05) is 16.4 Å². The Morgan fingerprint density at radius 2 is 2.06 bits per heavy atom. The van der Waals surface area contributed by atoms with Crippen molar-refractivity contribution in [3.05, 3.63) is 34.3 Å². The molecule has 0 amide bonds. The fourth-order valence-corrected chi connectivity index (χ4v) is 2.41. The van der Waals surface area contributed by atoms with Crippen LogP contribution in [0.3, 0.4) is 0 Å². The third-order valence-electron chi connectivity index (χ3n) is 2.77. The van der Waals surface area contributed by atoms with Crippen LogP contribution in [0.25, 0.3) is 10.9 Å². The van der Waals surface area contributed by atoms with Crippen molar-refractivity contribution in [3.63, 3.8) is 0 Å². The lowest BCUT2D eigenvalue weighted by Crippen LogP contribution is -2.02. The number of hydrogen-bond donors (Lipinski definition) is 1. The molecule has 0 spiro atoms. The van der Waals surface area contributed by atoms with Gasteiger partial charge in [0.05, 0.1) is 5.52 Å². The number of hydrogen-bond acceptors (Lipinski definition) is 2. The first-order chi connectivity index (χ1) is 8.24. The molecule has 1 N–H and O–H groups in total. The highest BCUT2D eigenvalue weighted by molar-refractivity contribution is 9.10. The Morgan fingerprint density at radius 1 is 1.24 bits per heavy atom. The van der Waals surface area contributed by atoms with Gasteiger partial charge in [-0.25, -0.2) is 4.98 Å². The number of nitrogens with zero attached hydrogens (tertiary/aromatic N) is 1. The molecule has 90 valence electrons. The Morgan fingerprint density at radius 3 is 2.76 bits per heavy atom. The molecule has 3 heteroatoms. The van der Waals surface area contributed by atoms with Gasteiger partial charge in [0.25, 0.3) is 0 Å². The Labute approximate surface area is 111 Å². The summed E-state index contributed by atoms with van der Waals surface area (Å²) in [5, 5.41) is 4.52. The van der Waals surface area contributed by atoms with E-state index in [0.29, 0.717) is 0 Å². The van der Waals surface area contributed by atoms with Crippen molar-refractivity contribution < 1.29 is 0 Å². The van der Waals surface area contributed by atoms with E-state index < -0.39 is 0 Å². The van der Waals surface area contributed by atoms with Gasteiger partial charge >= 0.3 is 0 Å². The van der Waals surface area contributed by atoms with Crippen LogP contribution in [0.15, 0.2) is 28.7 Å². The molecule has 0 saturated carbocycles. The number of halogens is 1. The molecule has 0 bridgehead atoms. The highest BCUT2D eigenvalue weighted by atomic mass is 79.9. The van der Waals surface area contributed by atoms with Crippen molar-refractivity contribution in [2.45, 2.75) is 26.7 Å². The SMILES string of the molecule is CCCNc1ccc2cc(Br)cc(CC)c2n1. The fourth-order valence-electron chi connectivity index (χ4n) is 1.89. The summed E-state index contributed by atoms with van der Waals surface area (Å²) in [5.41, 5.74) is 2.39. The highest BCUT2D eigenvalue weighted by Gasteiger charge is 2.04. The van der Waals surface area contributed by atoms with E-state index in [1.165, 1.54) is 10.9 Å². The Balaban J connectivity index is 2.47. The second-order valence-corrected chi connectivity index (χ2v) is 5.03. The van der Waals surface area contributed by atoms with E-state index in [2.05, 4.69) is 53.3 Å². The van der Waals surface area contributed by atoms with Gasteiger partial charge in [-0.15, -0.1) is 0 Å². The van der Waals surface area contributed by atoms with Crippen molar-refractivity contribution >= 4 is 32.7 Å². The maximum atomic E-state index is 4.69. The maximum absolute atomic E-state index is 4.69. The van der Waals surface area contributed by atoms with E-state index in [9.17, 15) is 0 Å². The second kappa shape index (κ2) is 5.50. The first kappa shape index (κ1) is 12.4. The van der Waals surface area contributed by atoms with Crippen LogP contribution in [0.2, 0.25) is 0 Å². The van der Waals surface area contributed by atoms with Crippen LogP contribution in [0, 0.1) is 0 Å². The summed E-state index contributed by atoms with van der Waals surface area (Å²) in [6.45, 7) is 5.29. The smallest absolute Gasteiger partial charge is 0.126 e. The molecule has 2 nitrogen and oxygen atoms in total. The van der Waals surface area contributed by atoms with E-state index >= 15 is 0 Å². The van der Waals surface area contributed by atoms with Crippen LogP contribution in [0.4, 0.5) is 5.82 Å². The molecule has 1 aromatic heterocycles. The molecule has 17 heavy (non-hydrogen) atoms. The summed E-state index contributed by atoms with van der Waals surface area (Å²) in [5.74, 6) is 0.969. The van der Waals surface area contributed by atoms with Crippen molar-refractivity contribution in [1.82, 2.24) is 4.98 Å². The van der Waals surface area contributed by atoms with Gasteiger partial charge in [0.1, 0.15) is 5.82 Å². The topological polar surface area (TPSA) is 24.9 Å². The number of anilines is 1. The predicted molar refractivity (Wildman–Crippen MR) is 77.6 cm³/mol. The molecule has 0 aliphatic rings. The summed E-state index contributed by atoms with van der Waals surface area (Å²) in [4.78, 5) is 4.69. The largest absolute Gasteiger partial charge is 0.370 e. The third kappa shape index (κ3) is 2.78. The van der Waals surface area contributed by atoms with E-state index in [-0.39, 0.29) is 0 Å². The molecule has 0 aliphatic carbocycles. The average Bonchev–Trinajstić information content (AvgIpc) is 2.35. The number of aromatic nitrogens is 1. The number of nitrogens with one attached hydrogen (secondary N) is 1. The minimum atomic E-state index is 0.969. The Bertz CT molecular complexity index is 523. The van der Waals surface area contributed by atoms with Gasteiger partial charge in [-0.1, -0.05) is 29.8 Å². The normalized spacial score (nSPS) is 10.8. The molecule has 0 unspecified atom stereocenters. The summed E-state index contributed by atoms with van der Waals surface area (Å²) >= 11 is 3.54. The van der Waals surface area contributed by atoms with Crippen LogP contribution in [-0.2, 0) is 6.42 Å². The van der Waals surface area contributed by atoms with Crippen molar-refractivity contribution in [2.75, 3.05) is 11.9 Å². The molecular weight excluding hydrogens is 276 g/mol. The van der Waals surface area contributed by atoms with Gasteiger partial charge < -0.3 is 5.32 Å². The first-order valence-corrected chi connectivity index (χ1v) is 6.87. The van der Waals surface area contributed by atoms with E-state index in [0.717, 1.165) is 35.2 Å². The molecule has 0 radical (unpaired) electrons. The van der Waals surface area contributed by atoms with E-state index in [1.54, 1.807) is 0 Å². The fraction of sp³-hybridized carbons (Fsp3) is 0.357. The molecule has 1 heterocycles. The molecule has 2 rings (SSSR count). The van der Waals surface area contributed by atoms with Gasteiger partial charge in [-0.05, 0) is 42.7 Å². The summed E-state index contributed by atoms with van der Waals surface area (Å²) in [6.07, 6.45) is 2.11. The van der Waals surface area contributed by atoms with Gasteiger partial charge in [-0.2, -0.15) is 0 Å². The van der Waals surface area contributed by atoms with Crippen LogP contribution < -0.4 is 5.32 Å². The lowest BCUT2D eigenvalue weighted by atomic mass is 10.1. The summed E-state index contributed by atoms with van der Waals surface area (Å²) in [6, 6.07) is 8.44. The maximum Gasteiger partial charge on any atom is 0.126 e. The molecule has 2 aromatic rings. The molecule has 1 aromatic carbocycles. The quantitative estimate of drug-likeness (QED) is 0.904. The zero-order valence-corrected chi connectivity index (χ0v) is 11.8. The van der Waals surface area contributed by atoms with E-state index in [4.69, 9.17) is 4.98 Å². The average molecular weight is 293 g/mol. The Kier molecular flexibility index (Phi) is 4.00. The molecule has 0 fully saturated rings. The van der Waals surface area contributed by atoms with Crippen molar-refractivity contribution in [1.29, 1.82) is 0 Å². The number of fused-ring (bicyclic) bond motifs is 1. The number of pyridine rings is 1. The number of aryl methyl sites for hydroxylation is 1. The third-order valence-corrected chi connectivity index (χ3v) is 3.23. The van der Waals surface area contributed by atoms with Gasteiger partial charge in [0.15, 0.2) is 0 Å². The highest BCUT2D eigenvalue weighted by Crippen LogP contribution is 2.24. The number of rotatable bonds is 4. The first-order valence-electron chi connectivity index (χ1n) is 6.07. The second-order valence-electron chi connectivity index (χ2n) is 4.11. The van der Waals surface area contributed by atoms with Crippen LogP contribution in [0.5, 0.6) is 0 Å². The van der Waals surface area contributed by atoms with E-state index in [1.807, 2.05) is 6.07 Å². The van der Waals surface area contributed by atoms with Crippen molar-refractivity contribution in [2.24, 2.45) is 0 Å². The zero-order chi connectivity index (χ0) is 12.3. The predicted octanol–water partition coefficient (Wildman–Crippen LogP) is 4.38. The Hall–Kier alpha value is -1.09. The molecular formula is C14H17BrN2. The van der Waals surface area contributed by atoms with Crippen molar-refractivity contribution in [3.8, 4) is 0 Å². The number of benzene rings is 1. The van der Waals surface area contributed by atoms with Gasteiger partial charge in [-0.3, -0.25) is 0 Å². The van der Waals surface area contributed by atoms with Crippen LogP contribution in [0.1, 0.15) is 25.8 Å².